The molecule has 2 nitrogen and oxygen atoms in total. The van der Waals surface area contributed by atoms with Gasteiger partial charge >= 0.3 is 0 Å². The van der Waals surface area contributed by atoms with Crippen LogP contribution in [0.25, 0.3) is 0 Å². The van der Waals surface area contributed by atoms with Gasteiger partial charge < -0.3 is 10.5 Å². The van der Waals surface area contributed by atoms with E-state index < -0.39 is 0 Å². The lowest BCUT2D eigenvalue weighted by molar-refractivity contribution is 0.130. The van der Waals surface area contributed by atoms with Gasteiger partial charge in [0.15, 0.2) is 0 Å². The van der Waals surface area contributed by atoms with Gasteiger partial charge in [-0.3, -0.25) is 0 Å². The fourth-order valence-corrected chi connectivity index (χ4v) is 0.883. The van der Waals surface area contributed by atoms with Gasteiger partial charge in [-0.2, -0.15) is 0 Å². The number of thioether (sulfide) groups is 1. The Morgan fingerprint density at radius 2 is 2.38 bits per heavy atom. The van der Waals surface area contributed by atoms with Gasteiger partial charge in [0, 0.05) is 13.2 Å². The van der Waals surface area contributed by atoms with E-state index in [0.717, 1.165) is 6.61 Å². The average molecular weight is 135 g/mol. The summed E-state index contributed by atoms with van der Waals surface area (Å²) in [5.41, 5.74) is 5.52. The van der Waals surface area contributed by atoms with E-state index in [1.165, 1.54) is 0 Å². The van der Waals surface area contributed by atoms with Gasteiger partial charge in [-0.15, -0.1) is 11.8 Å². The third-order valence-electron chi connectivity index (χ3n) is 0.808. The van der Waals surface area contributed by atoms with Crippen molar-refractivity contribution in [2.24, 2.45) is 5.73 Å². The molecule has 0 aromatic rings. The molecule has 1 atom stereocenters. The smallest absolute Gasteiger partial charge is 0.115 e. The average Bonchev–Trinajstić information content (AvgIpc) is 1.83. The zero-order chi connectivity index (χ0) is 6.41. The first-order chi connectivity index (χ1) is 3.85. The van der Waals surface area contributed by atoms with Crippen molar-refractivity contribution in [3.63, 3.8) is 0 Å². The highest BCUT2D eigenvalue weighted by molar-refractivity contribution is 7.99. The minimum Gasteiger partial charge on any atom is -0.367 e. The summed E-state index contributed by atoms with van der Waals surface area (Å²) in [6, 6.07) is 0. The summed E-state index contributed by atoms with van der Waals surface area (Å²) in [5, 5.41) is 0. The van der Waals surface area contributed by atoms with E-state index in [-0.39, 0.29) is 5.44 Å². The van der Waals surface area contributed by atoms with Gasteiger partial charge in [0.1, 0.15) is 5.44 Å². The third kappa shape index (κ3) is 3.29. The quantitative estimate of drug-likeness (QED) is 0.575. The molecule has 3 heteroatoms. The Hall–Kier alpha value is 0.270. The molecule has 0 aliphatic heterocycles. The van der Waals surface area contributed by atoms with Crippen LogP contribution in [0.15, 0.2) is 0 Å². The van der Waals surface area contributed by atoms with Crippen LogP contribution in [0.1, 0.15) is 6.92 Å². The summed E-state index contributed by atoms with van der Waals surface area (Å²) in [7, 11) is 0. The van der Waals surface area contributed by atoms with E-state index in [0.29, 0.717) is 6.54 Å². The van der Waals surface area contributed by atoms with Crippen LogP contribution >= 0.6 is 11.8 Å². The van der Waals surface area contributed by atoms with Crippen LogP contribution in [0.5, 0.6) is 0 Å². The summed E-state index contributed by atoms with van der Waals surface area (Å²) in [4.78, 5) is 0. The number of ether oxygens (including phenoxy) is 1. The monoisotopic (exact) mass is 135 g/mol. The maximum Gasteiger partial charge on any atom is 0.115 e. The fraction of sp³-hybridized carbons (Fsp3) is 1.00. The lowest BCUT2D eigenvalue weighted by atomic mass is 10.7. The van der Waals surface area contributed by atoms with E-state index in [1.54, 1.807) is 11.8 Å². The Kier molecular flexibility index (Phi) is 5.59. The van der Waals surface area contributed by atoms with Gasteiger partial charge in [-0.1, -0.05) is 0 Å². The van der Waals surface area contributed by atoms with Crippen molar-refractivity contribution in [3.05, 3.63) is 0 Å². The zero-order valence-corrected chi connectivity index (χ0v) is 6.20. The topological polar surface area (TPSA) is 35.2 Å². The lowest BCUT2D eigenvalue weighted by Gasteiger charge is -2.09. The van der Waals surface area contributed by atoms with Gasteiger partial charge in [-0.05, 0) is 13.2 Å². The van der Waals surface area contributed by atoms with E-state index in [2.05, 4.69) is 0 Å². The fourth-order valence-electron chi connectivity index (χ4n) is 0.418. The predicted octanol–water partition coefficient (Wildman–Crippen LogP) is 0.671. The number of nitrogens with two attached hydrogens (primary N) is 1. The third-order valence-corrected chi connectivity index (χ3v) is 1.66. The van der Waals surface area contributed by atoms with Crippen LogP contribution in [0.4, 0.5) is 0 Å². The molecule has 0 saturated carbocycles. The van der Waals surface area contributed by atoms with Crippen LogP contribution in [0, 0.1) is 0 Å². The maximum atomic E-state index is 5.32. The molecule has 0 aromatic heterocycles. The standard InChI is InChI=1S/C5H13NOS/c1-3-7-5(4-6)8-2/h5H,3-4,6H2,1-2H3. The SMILES string of the molecule is CCOC(CN)SC. The second-order valence-corrected chi connectivity index (χ2v) is 2.35. The molecule has 0 radical (unpaired) electrons. The number of rotatable bonds is 4. The minimum atomic E-state index is 0.194. The van der Waals surface area contributed by atoms with Crippen molar-refractivity contribution < 1.29 is 4.74 Å². The maximum absolute atomic E-state index is 5.32. The molecule has 0 spiro atoms. The minimum absolute atomic E-state index is 0.194. The van der Waals surface area contributed by atoms with Gasteiger partial charge in [0.05, 0.1) is 0 Å². The number of hydrogen-bond donors (Lipinski definition) is 1. The second-order valence-electron chi connectivity index (χ2n) is 1.36. The normalized spacial score (nSPS) is 13.9. The first-order valence-electron chi connectivity index (χ1n) is 2.69. The molecular weight excluding hydrogens is 122 g/mol. The Morgan fingerprint density at radius 1 is 1.75 bits per heavy atom. The lowest BCUT2D eigenvalue weighted by Crippen LogP contribution is -2.19. The van der Waals surface area contributed by atoms with Crippen LogP contribution in [-0.2, 0) is 4.74 Å². The van der Waals surface area contributed by atoms with Gasteiger partial charge in [0.25, 0.3) is 0 Å². The van der Waals surface area contributed by atoms with Crippen molar-refractivity contribution in [1.29, 1.82) is 0 Å². The molecule has 2 N–H and O–H groups in total. The molecular formula is C5H13NOS. The molecule has 0 rings (SSSR count). The highest BCUT2D eigenvalue weighted by atomic mass is 32.2. The molecule has 0 aromatic carbocycles. The molecule has 0 saturated heterocycles. The molecule has 0 heterocycles. The van der Waals surface area contributed by atoms with Crippen molar-refractivity contribution in [2.45, 2.75) is 12.4 Å². The number of hydrogen-bond acceptors (Lipinski definition) is 3. The van der Waals surface area contributed by atoms with Crippen molar-refractivity contribution in [1.82, 2.24) is 0 Å². The highest BCUT2D eigenvalue weighted by Crippen LogP contribution is 2.04. The Balaban J connectivity index is 3.07. The summed E-state index contributed by atoms with van der Waals surface area (Å²) in [6.45, 7) is 3.33. The van der Waals surface area contributed by atoms with E-state index in [9.17, 15) is 0 Å². The van der Waals surface area contributed by atoms with E-state index in [1.807, 2.05) is 13.2 Å². The molecule has 8 heavy (non-hydrogen) atoms. The first-order valence-corrected chi connectivity index (χ1v) is 3.98. The van der Waals surface area contributed by atoms with Crippen LogP contribution in [0.2, 0.25) is 0 Å². The summed E-state index contributed by atoms with van der Waals surface area (Å²) in [5.74, 6) is 0. The second kappa shape index (κ2) is 5.41. The zero-order valence-electron chi connectivity index (χ0n) is 5.39. The van der Waals surface area contributed by atoms with E-state index in [4.69, 9.17) is 10.5 Å². The first kappa shape index (κ1) is 8.27. The van der Waals surface area contributed by atoms with Gasteiger partial charge in [0.2, 0.25) is 0 Å². The Labute approximate surface area is 54.8 Å². The van der Waals surface area contributed by atoms with E-state index >= 15 is 0 Å². The van der Waals surface area contributed by atoms with Crippen LogP contribution in [-0.4, -0.2) is 24.8 Å². The molecule has 0 bridgehead atoms. The van der Waals surface area contributed by atoms with Crippen molar-refractivity contribution >= 4 is 11.8 Å². The summed E-state index contributed by atoms with van der Waals surface area (Å²) >= 11 is 1.65. The predicted molar refractivity (Wildman–Crippen MR) is 38.0 cm³/mol. The van der Waals surface area contributed by atoms with Crippen molar-refractivity contribution in [2.75, 3.05) is 19.4 Å². The Morgan fingerprint density at radius 3 is 2.50 bits per heavy atom. The Bertz CT molecular complexity index is 47.7. The molecule has 1 unspecified atom stereocenters. The van der Waals surface area contributed by atoms with Crippen LogP contribution in [0.3, 0.4) is 0 Å². The summed E-state index contributed by atoms with van der Waals surface area (Å²) < 4.78 is 5.18. The molecule has 0 fully saturated rings. The largest absolute Gasteiger partial charge is 0.367 e. The summed E-state index contributed by atoms with van der Waals surface area (Å²) in [6.07, 6.45) is 1.99. The molecule has 50 valence electrons. The molecule has 0 aliphatic carbocycles. The van der Waals surface area contributed by atoms with Gasteiger partial charge in [-0.25, -0.2) is 0 Å². The molecule has 0 aliphatic rings. The molecule has 0 amide bonds. The van der Waals surface area contributed by atoms with Crippen molar-refractivity contribution in [3.8, 4) is 0 Å². The highest BCUT2D eigenvalue weighted by Gasteiger charge is 1.99. The van der Waals surface area contributed by atoms with Crippen LogP contribution < -0.4 is 5.73 Å².